The second kappa shape index (κ2) is 9.44. The molecule has 2 aliphatic heterocycles. The number of hydrogen-bond acceptors (Lipinski definition) is 8. The molecule has 0 spiro atoms. The van der Waals surface area contributed by atoms with Crippen LogP contribution in [0, 0.1) is 0 Å². The summed E-state index contributed by atoms with van der Waals surface area (Å²) >= 11 is 6.09. The average molecular weight is 486 g/mol. The second-order valence-corrected chi connectivity index (χ2v) is 9.48. The topological polar surface area (TPSA) is 98.4 Å². The standard InChI is InChI=1S/C23H28ClN7O3/c1-15-14-34-8-7-30(15)13-16-10-26-23(27-11-16)29-5-3-18(4-6-29)31-20-19(9-17(24)12-25-20)28(2)21(32)22(31)33/h9-12,15,18H,3-8,13-14H2,1-2H3/t15-/m1/s1. The lowest BCUT2D eigenvalue weighted by atomic mass is 10.0. The Balaban J connectivity index is 1.30. The molecule has 1 atom stereocenters. The Morgan fingerprint density at radius 3 is 2.50 bits per heavy atom. The van der Waals surface area contributed by atoms with Crippen LogP contribution in [-0.2, 0) is 18.3 Å². The fourth-order valence-corrected chi connectivity index (χ4v) is 4.94. The summed E-state index contributed by atoms with van der Waals surface area (Å²) in [6, 6.07) is 1.92. The molecular formula is C23H28ClN7O3. The average Bonchev–Trinajstić information content (AvgIpc) is 2.85. The fourth-order valence-electron chi connectivity index (χ4n) is 4.79. The summed E-state index contributed by atoms with van der Waals surface area (Å²) < 4.78 is 8.36. The molecule has 2 fully saturated rings. The second-order valence-electron chi connectivity index (χ2n) is 9.04. The number of piperidine rings is 1. The van der Waals surface area contributed by atoms with E-state index in [1.807, 2.05) is 12.4 Å². The van der Waals surface area contributed by atoms with Gasteiger partial charge in [0.2, 0.25) is 5.95 Å². The Morgan fingerprint density at radius 2 is 1.79 bits per heavy atom. The van der Waals surface area contributed by atoms with Crippen LogP contribution in [0.2, 0.25) is 5.02 Å². The van der Waals surface area contributed by atoms with E-state index in [-0.39, 0.29) is 6.04 Å². The molecule has 3 aromatic heterocycles. The van der Waals surface area contributed by atoms with Crippen LogP contribution in [0.25, 0.3) is 11.2 Å². The van der Waals surface area contributed by atoms with E-state index in [9.17, 15) is 9.59 Å². The molecule has 34 heavy (non-hydrogen) atoms. The van der Waals surface area contributed by atoms with E-state index in [2.05, 4.69) is 31.7 Å². The monoisotopic (exact) mass is 485 g/mol. The third kappa shape index (κ3) is 4.33. The lowest BCUT2D eigenvalue weighted by molar-refractivity contribution is -0.00445. The molecule has 0 aliphatic carbocycles. The highest BCUT2D eigenvalue weighted by Crippen LogP contribution is 2.26. The first kappa shape index (κ1) is 22.9. The predicted molar refractivity (Wildman–Crippen MR) is 129 cm³/mol. The van der Waals surface area contributed by atoms with Gasteiger partial charge >= 0.3 is 11.1 Å². The highest BCUT2D eigenvalue weighted by Gasteiger charge is 2.26. The highest BCUT2D eigenvalue weighted by atomic mass is 35.5. The van der Waals surface area contributed by atoms with Gasteiger partial charge in [0.1, 0.15) is 0 Å². The van der Waals surface area contributed by atoms with Gasteiger partial charge in [0, 0.05) is 69.5 Å². The number of rotatable bonds is 4. The molecule has 2 saturated heterocycles. The van der Waals surface area contributed by atoms with Crippen molar-refractivity contribution in [2.24, 2.45) is 7.05 Å². The maximum Gasteiger partial charge on any atom is 0.318 e. The molecule has 0 radical (unpaired) electrons. The minimum Gasteiger partial charge on any atom is -0.379 e. The Bertz CT molecular complexity index is 1300. The van der Waals surface area contributed by atoms with Crippen molar-refractivity contribution in [3.63, 3.8) is 0 Å². The molecule has 180 valence electrons. The van der Waals surface area contributed by atoms with Crippen LogP contribution in [0.4, 0.5) is 5.95 Å². The van der Waals surface area contributed by atoms with Crippen LogP contribution in [0.5, 0.6) is 0 Å². The zero-order valence-electron chi connectivity index (χ0n) is 19.4. The van der Waals surface area contributed by atoms with Gasteiger partial charge in [-0.1, -0.05) is 11.6 Å². The predicted octanol–water partition coefficient (Wildman–Crippen LogP) is 1.60. The number of halogens is 1. The third-order valence-corrected chi connectivity index (χ3v) is 7.01. The Kier molecular flexibility index (Phi) is 6.37. The minimum absolute atomic E-state index is 0.129. The van der Waals surface area contributed by atoms with Gasteiger partial charge in [0.25, 0.3) is 0 Å². The molecule has 11 heteroatoms. The molecule has 0 aromatic carbocycles. The molecule has 0 unspecified atom stereocenters. The number of pyridine rings is 1. The van der Waals surface area contributed by atoms with E-state index >= 15 is 0 Å². The Morgan fingerprint density at radius 1 is 1.06 bits per heavy atom. The fraction of sp³-hybridized carbons (Fsp3) is 0.522. The Labute approximate surface area is 201 Å². The molecule has 2 aliphatic rings. The van der Waals surface area contributed by atoms with Gasteiger partial charge in [0.05, 0.1) is 23.8 Å². The largest absolute Gasteiger partial charge is 0.379 e. The van der Waals surface area contributed by atoms with Crippen molar-refractivity contribution in [3.8, 4) is 0 Å². The summed E-state index contributed by atoms with van der Waals surface area (Å²) in [5, 5.41) is 0.422. The Hall–Kier alpha value is -2.82. The zero-order valence-corrected chi connectivity index (χ0v) is 20.1. The summed E-state index contributed by atoms with van der Waals surface area (Å²) in [5.41, 5.74) is 0.977. The van der Waals surface area contributed by atoms with E-state index < -0.39 is 11.1 Å². The van der Waals surface area contributed by atoms with Gasteiger partial charge in [0.15, 0.2) is 5.65 Å². The maximum atomic E-state index is 12.9. The van der Waals surface area contributed by atoms with Gasteiger partial charge in [-0.2, -0.15) is 0 Å². The van der Waals surface area contributed by atoms with Crippen molar-refractivity contribution in [1.29, 1.82) is 0 Å². The maximum absolute atomic E-state index is 12.9. The molecule has 0 N–H and O–H groups in total. The smallest absolute Gasteiger partial charge is 0.318 e. The lowest BCUT2D eigenvalue weighted by Gasteiger charge is -2.34. The number of fused-ring (bicyclic) bond motifs is 1. The molecular weight excluding hydrogens is 458 g/mol. The minimum atomic E-state index is -0.576. The van der Waals surface area contributed by atoms with Crippen LogP contribution >= 0.6 is 11.6 Å². The molecule has 10 nitrogen and oxygen atoms in total. The summed E-state index contributed by atoms with van der Waals surface area (Å²) in [6.07, 6.45) is 6.66. The summed E-state index contributed by atoms with van der Waals surface area (Å²) in [5.74, 6) is 0.684. The van der Waals surface area contributed by atoms with Crippen molar-refractivity contribution in [3.05, 3.63) is 56.0 Å². The van der Waals surface area contributed by atoms with Crippen molar-refractivity contribution in [2.45, 2.75) is 38.4 Å². The van der Waals surface area contributed by atoms with E-state index in [0.717, 1.165) is 31.9 Å². The van der Waals surface area contributed by atoms with Gasteiger partial charge in [-0.15, -0.1) is 0 Å². The first-order valence-corrected chi connectivity index (χ1v) is 11.9. The van der Waals surface area contributed by atoms with Gasteiger partial charge < -0.3 is 14.2 Å². The molecule has 5 rings (SSSR count). The summed E-state index contributed by atoms with van der Waals surface area (Å²) in [4.78, 5) is 43.5. The quantitative estimate of drug-likeness (QED) is 0.514. The molecule has 3 aromatic rings. The SMILES string of the molecule is C[C@@H]1COCCN1Cc1cnc(N2CCC(n3c(=O)c(=O)n(C)c4cc(Cl)cnc43)CC2)nc1. The number of nitrogens with zero attached hydrogens (tertiary/aromatic N) is 7. The molecule has 0 amide bonds. The van der Waals surface area contributed by atoms with Crippen LogP contribution in [0.15, 0.2) is 34.2 Å². The van der Waals surface area contributed by atoms with Crippen molar-refractivity contribution in [1.82, 2.24) is 29.0 Å². The number of ether oxygens (including phenoxy) is 1. The first-order valence-electron chi connectivity index (χ1n) is 11.6. The third-order valence-electron chi connectivity index (χ3n) is 6.80. The normalized spacial score (nSPS) is 20.2. The lowest BCUT2D eigenvalue weighted by Crippen LogP contribution is -2.45. The number of morpholine rings is 1. The number of aryl methyl sites for hydroxylation is 1. The zero-order chi connectivity index (χ0) is 23.8. The summed E-state index contributed by atoms with van der Waals surface area (Å²) in [7, 11) is 1.57. The number of hydrogen-bond donors (Lipinski definition) is 0. The van der Waals surface area contributed by atoms with Crippen LogP contribution in [0.1, 0.15) is 31.4 Å². The highest BCUT2D eigenvalue weighted by molar-refractivity contribution is 6.31. The molecule has 5 heterocycles. The van der Waals surface area contributed by atoms with Gasteiger partial charge in [-0.3, -0.25) is 19.1 Å². The van der Waals surface area contributed by atoms with E-state index in [1.165, 1.54) is 10.8 Å². The van der Waals surface area contributed by atoms with E-state index in [4.69, 9.17) is 16.3 Å². The van der Waals surface area contributed by atoms with E-state index in [0.29, 0.717) is 54.1 Å². The summed E-state index contributed by atoms with van der Waals surface area (Å²) in [6.45, 7) is 6.76. The molecule has 0 saturated carbocycles. The van der Waals surface area contributed by atoms with Crippen molar-refractivity contribution >= 4 is 28.7 Å². The van der Waals surface area contributed by atoms with Gasteiger partial charge in [-0.05, 0) is 25.8 Å². The van der Waals surface area contributed by atoms with Crippen LogP contribution in [-0.4, -0.2) is 67.9 Å². The number of aromatic nitrogens is 5. The van der Waals surface area contributed by atoms with Crippen molar-refractivity contribution in [2.75, 3.05) is 37.7 Å². The van der Waals surface area contributed by atoms with Crippen LogP contribution in [0.3, 0.4) is 0 Å². The van der Waals surface area contributed by atoms with E-state index in [1.54, 1.807) is 17.7 Å². The first-order chi connectivity index (χ1) is 16.4. The number of anilines is 1. The van der Waals surface area contributed by atoms with Gasteiger partial charge in [-0.25, -0.2) is 15.0 Å². The van der Waals surface area contributed by atoms with Crippen LogP contribution < -0.4 is 16.0 Å². The van der Waals surface area contributed by atoms with Crippen molar-refractivity contribution < 1.29 is 4.74 Å². The molecule has 0 bridgehead atoms.